The van der Waals surface area contributed by atoms with Gasteiger partial charge in [0.1, 0.15) is 5.82 Å². The van der Waals surface area contributed by atoms with Gasteiger partial charge < -0.3 is 19.5 Å². The van der Waals surface area contributed by atoms with E-state index in [0.29, 0.717) is 19.8 Å². The van der Waals surface area contributed by atoms with Gasteiger partial charge >= 0.3 is 0 Å². The van der Waals surface area contributed by atoms with E-state index < -0.39 is 6.10 Å². The van der Waals surface area contributed by atoms with E-state index in [0.717, 1.165) is 51.3 Å². The Balaban J connectivity index is 1.33. The maximum Gasteiger partial charge on any atom is 0.123 e. The standard InChI is InChI=1S/C18H27FN2O3/c19-15-3-5-16(6-4-15)21-9-7-20(8-10-21)12-17(22)13-23-14-18-2-1-11-24-18/h3-6,17-18,22H,1-2,7-14H2/t17-,18-/m1/s1. The molecule has 1 N–H and O–H groups in total. The predicted octanol–water partition coefficient (Wildman–Crippen LogP) is 1.50. The van der Waals surface area contributed by atoms with Crippen molar-refractivity contribution in [2.75, 3.05) is 57.4 Å². The molecule has 5 nitrogen and oxygen atoms in total. The minimum absolute atomic E-state index is 0.205. The van der Waals surface area contributed by atoms with Gasteiger partial charge in [-0.3, -0.25) is 4.90 Å². The average molecular weight is 338 g/mol. The van der Waals surface area contributed by atoms with Gasteiger partial charge in [0, 0.05) is 45.0 Å². The monoisotopic (exact) mass is 338 g/mol. The van der Waals surface area contributed by atoms with Gasteiger partial charge in [0.05, 0.1) is 25.4 Å². The summed E-state index contributed by atoms with van der Waals surface area (Å²) in [6, 6.07) is 6.63. The highest BCUT2D eigenvalue weighted by Crippen LogP contribution is 2.17. The predicted molar refractivity (Wildman–Crippen MR) is 90.9 cm³/mol. The molecule has 6 heteroatoms. The lowest BCUT2D eigenvalue weighted by molar-refractivity contribution is -0.0254. The fourth-order valence-electron chi connectivity index (χ4n) is 3.30. The van der Waals surface area contributed by atoms with Crippen molar-refractivity contribution >= 4 is 5.69 Å². The van der Waals surface area contributed by atoms with Crippen LogP contribution in [-0.2, 0) is 9.47 Å². The minimum Gasteiger partial charge on any atom is -0.389 e. The van der Waals surface area contributed by atoms with Gasteiger partial charge in [-0.2, -0.15) is 0 Å². The number of β-amino-alcohol motifs (C(OH)–C–C–N with tert-alkyl or cyclic N) is 1. The topological polar surface area (TPSA) is 45.2 Å². The number of piperazine rings is 1. The summed E-state index contributed by atoms with van der Waals surface area (Å²) in [5, 5.41) is 10.1. The molecule has 2 aliphatic rings. The van der Waals surface area contributed by atoms with E-state index in [2.05, 4.69) is 9.80 Å². The van der Waals surface area contributed by atoms with Crippen LogP contribution in [0.25, 0.3) is 0 Å². The van der Waals surface area contributed by atoms with Gasteiger partial charge in [-0.25, -0.2) is 4.39 Å². The minimum atomic E-state index is -0.469. The first-order valence-corrected chi connectivity index (χ1v) is 8.81. The number of hydrogen-bond acceptors (Lipinski definition) is 5. The Bertz CT molecular complexity index is 486. The molecule has 0 aliphatic carbocycles. The van der Waals surface area contributed by atoms with Crippen molar-refractivity contribution in [2.45, 2.75) is 25.0 Å². The van der Waals surface area contributed by atoms with E-state index in [1.54, 1.807) is 0 Å². The molecular formula is C18H27FN2O3. The number of halogens is 1. The van der Waals surface area contributed by atoms with Gasteiger partial charge in [-0.15, -0.1) is 0 Å². The van der Waals surface area contributed by atoms with Crippen molar-refractivity contribution in [2.24, 2.45) is 0 Å². The lowest BCUT2D eigenvalue weighted by Crippen LogP contribution is -2.49. The van der Waals surface area contributed by atoms with Crippen LogP contribution in [0.2, 0.25) is 0 Å². The molecule has 3 rings (SSSR count). The van der Waals surface area contributed by atoms with Crippen molar-refractivity contribution in [3.63, 3.8) is 0 Å². The van der Waals surface area contributed by atoms with E-state index in [1.165, 1.54) is 12.1 Å². The number of rotatable bonds is 7. The number of ether oxygens (including phenoxy) is 2. The van der Waals surface area contributed by atoms with Gasteiger partial charge in [0.25, 0.3) is 0 Å². The Morgan fingerprint density at radius 3 is 2.62 bits per heavy atom. The normalized spacial score (nSPS) is 23.6. The molecule has 0 radical (unpaired) electrons. The van der Waals surface area contributed by atoms with Crippen LogP contribution < -0.4 is 4.90 Å². The van der Waals surface area contributed by atoms with Crippen molar-refractivity contribution in [3.05, 3.63) is 30.1 Å². The highest BCUT2D eigenvalue weighted by molar-refractivity contribution is 5.46. The van der Waals surface area contributed by atoms with Crippen molar-refractivity contribution in [1.29, 1.82) is 0 Å². The zero-order chi connectivity index (χ0) is 16.8. The van der Waals surface area contributed by atoms with Gasteiger partial charge in [0.2, 0.25) is 0 Å². The lowest BCUT2D eigenvalue weighted by atomic mass is 10.2. The molecule has 0 saturated carbocycles. The molecule has 2 heterocycles. The molecule has 0 unspecified atom stereocenters. The van der Waals surface area contributed by atoms with Crippen LogP contribution in [0, 0.1) is 5.82 Å². The third-order valence-electron chi connectivity index (χ3n) is 4.67. The van der Waals surface area contributed by atoms with E-state index in [9.17, 15) is 9.50 Å². The number of aliphatic hydroxyl groups is 1. The largest absolute Gasteiger partial charge is 0.389 e. The fraction of sp³-hybridized carbons (Fsp3) is 0.667. The van der Waals surface area contributed by atoms with Crippen LogP contribution in [0.1, 0.15) is 12.8 Å². The van der Waals surface area contributed by atoms with Crippen LogP contribution in [-0.4, -0.2) is 74.8 Å². The third kappa shape index (κ3) is 5.14. The summed E-state index contributed by atoms with van der Waals surface area (Å²) in [6.45, 7) is 5.94. The van der Waals surface area contributed by atoms with Crippen molar-refractivity contribution in [3.8, 4) is 0 Å². The zero-order valence-corrected chi connectivity index (χ0v) is 14.1. The summed E-state index contributed by atoms with van der Waals surface area (Å²) in [5.74, 6) is -0.205. The summed E-state index contributed by atoms with van der Waals surface area (Å²) < 4.78 is 24.1. The number of aliphatic hydroxyl groups excluding tert-OH is 1. The quantitative estimate of drug-likeness (QED) is 0.816. The Hall–Kier alpha value is -1.21. The summed E-state index contributed by atoms with van der Waals surface area (Å²) in [5.41, 5.74) is 1.05. The summed E-state index contributed by atoms with van der Waals surface area (Å²) in [4.78, 5) is 4.50. The van der Waals surface area contributed by atoms with E-state index in [-0.39, 0.29) is 11.9 Å². The lowest BCUT2D eigenvalue weighted by Gasteiger charge is -2.36. The summed E-state index contributed by atoms with van der Waals surface area (Å²) in [7, 11) is 0. The Kier molecular flexibility index (Phi) is 6.43. The summed E-state index contributed by atoms with van der Waals surface area (Å²) >= 11 is 0. The van der Waals surface area contributed by atoms with Gasteiger partial charge in [-0.05, 0) is 37.1 Å². The number of anilines is 1. The molecule has 2 aliphatic heterocycles. The second kappa shape index (κ2) is 8.76. The molecule has 2 saturated heterocycles. The van der Waals surface area contributed by atoms with Crippen LogP contribution in [0.15, 0.2) is 24.3 Å². The molecule has 1 aromatic rings. The average Bonchev–Trinajstić information content (AvgIpc) is 3.10. The van der Waals surface area contributed by atoms with Crippen molar-refractivity contribution in [1.82, 2.24) is 4.90 Å². The van der Waals surface area contributed by atoms with E-state index >= 15 is 0 Å². The molecule has 134 valence electrons. The summed E-state index contributed by atoms with van der Waals surface area (Å²) in [6.07, 6.45) is 1.90. The number of hydrogen-bond donors (Lipinski definition) is 1. The zero-order valence-electron chi connectivity index (χ0n) is 14.1. The maximum absolute atomic E-state index is 13.0. The Labute approximate surface area is 143 Å². The number of benzene rings is 1. The second-order valence-electron chi connectivity index (χ2n) is 6.59. The Morgan fingerprint density at radius 2 is 1.96 bits per heavy atom. The molecule has 0 bridgehead atoms. The van der Waals surface area contributed by atoms with Gasteiger partial charge in [-0.1, -0.05) is 0 Å². The molecule has 2 fully saturated rings. The first kappa shape index (κ1) is 17.6. The smallest absolute Gasteiger partial charge is 0.123 e. The van der Waals surface area contributed by atoms with Crippen LogP contribution in [0.4, 0.5) is 10.1 Å². The molecule has 24 heavy (non-hydrogen) atoms. The molecule has 0 spiro atoms. The van der Waals surface area contributed by atoms with E-state index in [4.69, 9.17) is 9.47 Å². The van der Waals surface area contributed by atoms with E-state index in [1.807, 2.05) is 12.1 Å². The second-order valence-corrected chi connectivity index (χ2v) is 6.59. The van der Waals surface area contributed by atoms with Gasteiger partial charge in [0.15, 0.2) is 0 Å². The molecule has 2 atom stereocenters. The highest BCUT2D eigenvalue weighted by atomic mass is 19.1. The molecule has 0 amide bonds. The fourth-order valence-corrected chi connectivity index (χ4v) is 3.30. The highest BCUT2D eigenvalue weighted by Gasteiger charge is 2.20. The molecule has 0 aromatic heterocycles. The molecular weight excluding hydrogens is 311 g/mol. The van der Waals surface area contributed by atoms with Crippen molar-refractivity contribution < 1.29 is 19.0 Å². The Morgan fingerprint density at radius 1 is 1.21 bits per heavy atom. The first-order valence-electron chi connectivity index (χ1n) is 8.81. The van der Waals surface area contributed by atoms with Crippen LogP contribution in [0.5, 0.6) is 0 Å². The maximum atomic E-state index is 13.0. The molecule has 1 aromatic carbocycles. The van der Waals surface area contributed by atoms with Crippen LogP contribution in [0.3, 0.4) is 0 Å². The SMILES string of the molecule is O[C@@H](COC[C@H]1CCCO1)CN1CCN(c2ccc(F)cc2)CC1. The van der Waals surface area contributed by atoms with Crippen LogP contribution >= 0.6 is 0 Å². The number of nitrogens with zero attached hydrogens (tertiary/aromatic N) is 2. The third-order valence-corrected chi connectivity index (χ3v) is 4.67. The first-order chi connectivity index (χ1) is 11.7.